The number of fused-ring (bicyclic) bond motifs is 1. The minimum Gasteiger partial charge on any atom is -0.480 e. The average Bonchev–Trinajstić information content (AvgIpc) is 2.79. The van der Waals surface area contributed by atoms with Gasteiger partial charge in [0.1, 0.15) is 17.7 Å². The number of anilines is 1. The molecule has 1 amide bonds. The molecule has 9 heteroatoms. The van der Waals surface area contributed by atoms with Gasteiger partial charge in [-0.1, -0.05) is 23.7 Å². The van der Waals surface area contributed by atoms with Gasteiger partial charge >= 0.3 is 5.97 Å². The number of unbranched alkanes of at least 4 members (excludes halogenated alkanes) is 1. The number of carboxylic acid groups (broad SMARTS) is 1. The molecule has 1 unspecified atom stereocenters. The number of ether oxygens (including phenoxy) is 1. The molecule has 0 saturated heterocycles. The van der Waals surface area contributed by atoms with E-state index in [2.05, 4.69) is 21.7 Å². The molecule has 7 nitrogen and oxygen atoms in total. The SMILES string of the molecule is O=C(NC(CCCCOCCc1ccc2c(n1)NCCC2)C(=O)O)c1cccc(F)c1Cl. The number of aryl methyl sites for hydroxylation is 1. The summed E-state index contributed by atoms with van der Waals surface area (Å²) in [7, 11) is 0. The van der Waals surface area contributed by atoms with E-state index in [4.69, 9.17) is 16.3 Å². The fraction of sp³-hybridized carbons (Fsp3) is 0.435. The number of nitrogens with one attached hydrogen (secondary N) is 2. The molecule has 1 aromatic heterocycles. The lowest BCUT2D eigenvalue weighted by Crippen LogP contribution is -2.40. The molecule has 3 N–H and O–H groups in total. The molecule has 1 atom stereocenters. The second-order valence-electron chi connectivity index (χ2n) is 7.66. The van der Waals surface area contributed by atoms with Crippen LogP contribution in [0, 0.1) is 5.82 Å². The van der Waals surface area contributed by atoms with Crippen molar-refractivity contribution in [2.75, 3.05) is 25.1 Å². The first kappa shape index (κ1) is 23.9. The predicted octanol–water partition coefficient (Wildman–Crippen LogP) is 3.84. The van der Waals surface area contributed by atoms with E-state index in [1.54, 1.807) is 0 Å². The number of halogens is 2. The monoisotopic (exact) mass is 463 g/mol. The summed E-state index contributed by atoms with van der Waals surface area (Å²) in [5.41, 5.74) is 2.13. The summed E-state index contributed by atoms with van der Waals surface area (Å²) >= 11 is 5.80. The Morgan fingerprint density at radius 3 is 2.91 bits per heavy atom. The molecule has 1 aliphatic heterocycles. The number of aliphatic carboxylic acids is 1. The Balaban J connectivity index is 1.35. The number of nitrogens with zero attached hydrogens (tertiary/aromatic N) is 1. The van der Waals surface area contributed by atoms with Crippen LogP contribution in [-0.4, -0.2) is 47.8 Å². The number of benzene rings is 1. The standard InChI is InChI=1S/C23H27ClFN3O4/c24-20-17(6-3-7-18(20)25)22(29)28-19(23(30)31)8-1-2-13-32-14-11-16-10-9-15-5-4-12-26-21(15)27-16/h3,6-7,9-10,19H,1-2,4-5,8,11-14H2,(H,26,27)(H,28,29)(H,30,31). The van der Waals surface area contributed by atoms with Crippen molar-refractivity contribution in [1.82, 2.24) is 10.3 Å². The summed E-state index contributed by atoms with van der Waals surface area (Å²) in [5, 5.41) is 14.8. The number of rotatable bonds is 11. The maximum absolute atomic E-state index is 13.5. The van der Waals surface area contributed by atoms with Crippen molar-refractivity contribution in [2.24, 2.45) is 0 Å². The average molecular weight is 464 g/mol. The summed E-state index contributed by atoms with van der Waals surface area (Å²) in [6.07, 6.45) is 4.32. The highest BCUT2D eigenvalue weighted by Crippen LogP contribution is 2.21. The first-order chi connectivity index (χ1) is 15.5. The van der Waals surface area contributed by atoms with Gasteiger partial charge in [0.25, 0.3) is 5.91 Å². The minimum atomic E-state index is -1.15. The highest BCUT2D eigenvalue weighted by molar-refractivity contribution is 6.34. The predicted molar refractivity (Wildman–Crippen MR) is 120 cm³/mol. The smallest absolute Gasteiger partial charge is 0.326 e. The van der Waals surface area contributed by atoms with Crippen molar-refractivity contribution >= 4 is 29.3 Å². The molecule has 172 valence electrons. The van der Waals surface area contributed by atoms with Gasteiger partial charge in [0.2, 0.25) is 0 Å². The normalized spacial score (nSPS) is 13.7. The van der Waals surface area contributed by atoms with E-state index in [0.29, 0.717) is 32.5 Å². The van der Waals surface area contributed by atoms with Crippen molar-refractivity contribution in [3.63, 3.8) is 0 Å². The molecule has 0 aliphatic carbocycles. The van der Waals surface area contributed by atoms with Gasteiger partial charge in [0, 0.05) is 25.3 Å². The highest BCUT2D eigenvalue weighted by atomic mass is 35.5. The molecule has 0 fully saturated rings. The van der Waals surface area contributed by atoms with Crippen LogP contribution in [-0.2, 0) is 22.4 Å². The summed E-state index contributed by atoms with van der Waals surface area (Å²) in [6, 6.07) is 6.88. The zero-order valence-electron chi connectivity index (χ0n) is 17.7. The lowest BCUT2D eigenvalue weighted by atomic mass is 10.1. The van der Waals surface area contributed by atoms with Crippen LogP contribution in [0.3, 0.4) is 0 Å². The lowest BCUT2D eigenvalue weighted by Gasteiger charge is -2.17. The van der Waals surface area contributed by atoms with Crippen LogP contribution in [0.25, 0.3) is 0 Å². The molecule has 0 radical (unpaired) electrons. The van der Waals surface area contributed by atoms with E-state index in [1.165, 1.54) is 17.7 Å². The van der Waals surface area contributed by atoms with Crippen LogP contribution >= 0.6 is 11.6 Å². The minimum absolute atomic E-state index is 0.0905. The molecule has 0 bridgehead atoms. The van der Waals surface area contributed by atoms with E-state index < -0.39 is 23.7 Å². The zero-order valence-corrected chi connectivity index (χ0v) is 18.5. The van der Waals surface area contributed by atoms with Crippen molar-refractivity contribution in [3.8, 4) is 0 Å². The van der Waals surface area contributed by atoms with Crippen LogP contribution in [0.15, 0.2) is 30.3 Å². The molecular formula is C23H27ClFN3O4. The van der Waals surface area contributed by atoms with Crippen molar-refractivity contribution < 1.29 is 23.8 Å². The molecule has 1 aromatic carbocycles. The Morgan fingerprint density at radius 2 is 2.09 bits per heavy atom. The van der Waals surface area contributed by atoms with Gasteiger partial charge in [-0.05, 0) is 55.9 Å². The van der Waals surface area contributed by atoms with E-state index in [-0.39, 0.29) is 17.0 Å². The van der Waals surface area contributed by atoms with Crippen molar-refractivity contribution in [2.45, 2.75) is 44.6 Å². The van der Waals surface area contributed by atoms with Gasteiger partial charge in [-0.3, -0.25) is 4.79 Å². The van der Waals surface area contributed by atoms with Gasteiger partial charge < -0.3 is 20.5 Å². The summed E-state index contributed by atoms with van der Waals surface area (Å²) < 4.78 is 19.2. The summed E-state index contributed by atoms with van der Waals surface area (Å²) in [4.78, 5) is 28.4. The van der Waals surface area contributed by atoms with Crippen LogP contribution < -0.4 is 10.6 Å². The fourth-order valence-electron chi connectivity index (χ4n) is 3.51. The third-order valence-corrected chi connectivity index (χ3v) is 5.67. The molecule has 2 heterocycles. The van der Waals surface area contributed by atoms with Crippen molar-refractivity contribution in [3.05, 3.63) is 58.0 Å². The second-order valence-corrected chi connectivity index (χ2v) is 8.04. The zero-order chi connectivity index (χ0) is 22.9. The first-order valence-corrected chi connectivity index (χ1v) is 11.1. The topological polar surface area (TPSA) is 101 Å². The number of hydrogen-bond donors (Lipinski definition) is 3. The molecule has 32 heavy (non-hydrogen) atoms. The molecule has 3 rings (SSSR count). The number of amides is 1. The lowest BCUT2D eigenvalue weighted by molar-refractivity contribution is -0.139. The largest absolute Gasteiger partial charge is 0.480 e. The number of aromatic nitrogens is 1. The molecular weight excluding hydrogens is 437 g/mol. The Bertz CT molecular complexity index is 957. The van der Waals surface area contributed by atoms with Crippen LogP contribution in [0.5, 0.6) is 0 Å². The maximum atomic E-state index is 13.5. The first-order valence-electron chi connectivity index (χ1n) is 10.7. The number of carbonyl (C=O) groups excluding carboxylic acids is 1. The molecule has 0 saturated carbocycles. The molecule has 2 aromatic rings. The van der Waals surface area contributed by atoms with Crippen LogP contribution in [0.2, 0.25) is 5.02 Å². The van der Waals surface area contributed by atoms with E-state index >= 15 is 0 Å². The maximum Gasteiger partial charge on any atom is 0.326 e. The third-order valence-electron chi connectivity index (χ3n) is 5.29. The Hall–Kier alpha value is -2.71. The van der Waals surface area contributed by atoms with Gasteiger partial charge in [-0.25, -0.2) is 14.2 Å². The van der Waals surface area contributed by atoms with Gasteiger partial charge in [-0.15, -0.1) is 0 Å². The van der Waals surface area contributed by atoms with Crippen LogP contribution in [0.4, 0.5) is 10.2 Å². The van der Waals surface area contributed by atoms with E-state index in [1.807, 2.05) is 6.07 Å². The second kappa shape index (κ2) is 11.8. The quantitative estimate of drug-likeness (QED) is 0.438. The Labute approximate surface area is 191 Å². The van der Waals surface area contributed by atoms with Gasteiger partial charge in [-0.2, -0.15) is 0 Å². The third kappa shape index (κ3) is 6.64. The number of carboxylic acids is 1. The molecule has 0 spiro atoms. The highest BCUT2D eigenvalue weighted by Gasteiger charge is 2.22. The molecule has 1 aliphatic rings. The number of carbonyl (C=O) groups is 2. The van der Waals surface area contributed by atoms with E-state index in [9.17, 15) is 19.1 Å². The number of pyridine rings is 1. The number of hydrogen-bond acceptors (Lipinski definition) is 5. The van der Waals surface area contributed by atoms with Crippen molar-refractivity contribution in [1.29, 1.82) is 0 Å². The summed E-state index contributed by atoms with van der Waals surface area (Å²) in [5.74, 6) is -1.63. The van der Waals surface area contributed by atoms with Gasteiger partial charge in [0.05, 0.1) is 17.2 Å². The Kier molecular flexibility index (Phi) is 8.81. The summed E-state index contributed by atoms with van der Waals surface area (Å²) in [6.45, 7) is 1.97. The fourth-order valence-corrected chi connectivity index (χ4v) is 3.72. The van der Waals surface area contributed by atoms with E-state index in [0.717, 1.165) is 37.0 Å². The van der Waals surface area contributed by atoms with Gasteiger partial charge in [0.15, 0.2) is 0 Å². The Morgan fingerprint density at radius 1 is 1.25 bits per heavy atom. The van der Waals surface area contributed by atoms with Crippen LogP contribution in [0.1, 0.15) is 47.3 Å².